The van der Waals surface area contributed by atoms with Gasteiger partial charge in [-0.2, -0.15) is 0 Å². The number of hydrogen-bond donors (Lipinski definition) is 0. The molecule has 3 aromatic rings. The van der Waals surface area contributed by atoms with Gasteiger partial charge >= 0.3 is 0 Å². The van der Waals surface area contributed by atoms with Crippen molar-refractivity contribution in [3.8, 4) is 0 Å². The van der Waals surface area contributed by atoms with Crippen LogP contribution < -0.4 is 9.80 Å². The third-order valence-electron chi connectivity index (χ3n) is 6.97. The van der Waals surface area contributed by atoms with Crippen LogP contribution in [-0.2, 0) is 5.54 Å². The number of anilines is 2. The van der Waals surface area contributed by atoms with Crippen molar-refractivity contribution in [3.05, 3.63) is 76.1 Å². The van der Waals surface area contributed by atoms with Crippen LogP contribution in [0.5, 0.6) is 0 Å². The SMILES string of the molecule is Cc1ncnc(C)c1C(=O)N1CCN(c2cncc(N3C(=O)c4ccc(Cl)cc4C3(C)C)c2)CC1. The summed E-state index contributed by atoms with van der Waals surface area (Å²) in [6.07, 6.45) is 5.01. The van der Waals surface area contributed by atoms with Crippen LogP contribution in [0.15, 0.2) is 43.0 Å². The van der Waals surface area contributed by atoms with Crippen molar-refractivity contribution < 1.29 is 9.59 Å². The number of carbonyl (C=O) groups excluding carboxylic acids is 2. The summed E-state index contributed by atoms with van der Waals surface area (Å²) >= 11 is 6.23. The molecule has 1 fully saturated rings. The summed E-state index contributed by atoms with van der Waals surface area (Å²) in [5, 5.41) is 0.609. The average Bonchev–Trinajstić information content (AvgIpc) is 3.03. The van der Waals surface area contributed by atoms with Gasteiger partial charge in [-0.3, -0.25) is 19.5 Å². The summed E-state index contributed by atoms with van der Waals surface area (Å²) in [4.78, 5) is 45.1. The summed E-state index contributed by atoms with van der Waals surface area (Å²) in [5.41, 5.74) is 4.63. The maximum Gasteiger partial charge on any atom is 0.259 e. The van der Waals surface area contributed by atoms with E-state index in [1.54, 1.807) is 29.4 Å². The van der Waals surface area contributed by atoms with Crippen LogP contribution in [0.4, 0.5) is 11.4 Å². The second-order valence-corrected chi connectivity index (χ2v) is 9.93. The van der Waals surface area contributed by atoms with E-state index in [2.05, 4.69) is 19.9 Å². The third kappa shape index (κ3) is 3.91. The van der Waals surface area contributed by atoms with Crippen molar-refractivity contribution in [2.24, 2.45) is 0 Å². The molecule has 4 heterocycles. The predicted molar refractivity (Wildman–Crippen MR) is 135 cm³/mol. The minimum absolute atomic E-state index is 0.0343. The fourth-order valence-corrected chi connectivity index (χ4v) is 5.26. The summed E-state index contributed by atoms with van der Waals surface area (Å²) in [7, 11) is 0. The van der Waals surface area contributed by atoms with Gasteiger partial charge in [-0.1, -0.05) is 11.6 Å². The first-order valence-corrected chi connectivity index (χ1v) is 12.0. The Labute approximate surface area is 209 Å². The molecule has 2 aromatic heterocycles. The molecule has 9 heteroatoms. The number of amides is 2. The zero-order valence-electron chi connectivity index (χ0n) is 20.2. The number of rotatable bonds is 3. The van der Waals surface area contributed by atoms with Crippen LogP contribution in [-0.4, -0.2) is 57.8 Å². The summed E-state index contributed by atoms with van der Waals surface area (Å²) in [5.74, 6) is -0.0974. The number of halogens is 1. The normalized spacial score (nSPS) is 17.1. The zero-order chi connectivity index (χ0) is 24.9. The van der Waals surface area contributed by atoms with E-state index in [0.29, 0.717) is 53.7 Å². The minimum Gasteiger partial charge on any atom is -0.367 e. The van der Waals surface area contributed by atoms with Crippen molar-refractivity contribution >= 4 is 34.8 Å². The quantitative estimate of drug-likeness (QED) is 0.552. The van der Waals surface area contributed by atoms with Crippen molar-refractivity contribution in [1.29, 1.82) is 0 Å². The predicted octanol–water partition coefficient (Wildman–Crippen LogP) is 4.00. The molecule has 0 saturated carbocycles. The van der Waals surface area contributed by atoms with Crippen LogP contribution in [0.2, 0.25) is 5.02 Å². The summed E-state index contributed by atoms with van der Waals surface area (Å²) in [6.45, 7) is 10.2. The van der Waals surface area contributed by atoms with E-state index >= 15 is 0 Å². The molecular formula is C26H27ClN6O2. The number of benzene rings is 1. The molecule has 0 N–H and O–H groups in total. The monoisotopic (exact) mass is 490 g/mol. The first-order valence-electron chi connectivity index (χ1n) is 11.6. The molecule has 0 aliphatic carbocycles. The number of aromatic nitrogens is 3. The van der Waals surface area contributed by atoms with E-state index in [-0.39, 0.29) is 11.8 Å². The lowest BCUT2D eigenvalue weighted by Crippen LogP contribution is -2.49. The molecule has 1 saturated heterocycles. The molecule has 2 aliphatic rings. The van der Waals surface area contributed by atoms with Crippen molar-refractivity contribution in [3.63, 3.8) is 0 Å². The van der Waals surface area contributed by atoms with Crippen LogP contribution in [0.25, 0.3) is 0 Å². The van der Waals surface area contributed by atoms with Gasteiger partial charge in [0.15, 0.2) is 0 Å². The van der Waals surface area contributed by atoms with Gasteiger partial charge in [0.05, 0.1) is 46.3 Å². The van der Waals surface area contributed by atoms with Crippen LogP contribution in [0.1, 0.15) is 51.5 Å². The van der Waals surface area contributed by atoms with Gasteiger partial charge in [0.2, 0.25) is 0 Å². The molecule has 2 amide bonds. The van der Waals surface area contributed by atoms with E-state index in [4.69, 9.17) is 11.6 Å². The number of aryl methyl sites for hydroxylation is 2. The van der Waals surface area contributed by atoms with E-state index in [1.807, 2.05) is 44.7 Å². The maximum atomic E-state index is 13.3. The molecule has 180 valence electrons. The first-order chi connectivity index (χ1) is 16.7. The Morgan fingerprint density at radius 2 is 1.63 bits per heavy atom. The number of piperazine rings is 1. The highest BCUT2D eigenvalue weighted by molar-refractivity contribution is 6.31. The fraction of sp³-hybridized carbons (Fsp3) is 0.346. The van der Waals surface area contributed by atoms with Gasteiger partial charge in [0.25, 0.3) is 11.8 Å². The van der Waals surface area contributed by atoms with E-state index in [9.17, 15) is 9.59 Å². The minimum atomic E-state index is -0.559. The van der Waals surface area contributed by atoms with Gasteiger partial charge in [0, 0.05) is 36.8 Å². The number of carbonyl (C=O) groups is 2. The van der Waals surface area contributed by atoms with Crippen molar-refractivity contribution in [2.75, 3.05) is 36.0 Å². The Morgan fingerprint density at radius 1 is 0.971 bits per heavy atom. The molecule has 1 aromatic carbocycles. The maximum absolute atomic E-state index is 13.3. The number of hydrogen-bond acceptors (Lipinski definition) is 6. The Hall–Kier alpha value is -3.52. The molecule has 8 nitrogen and oxygen atoms in total. The summed E-state index contributed by atoms with van der Waals surface area (Å²) < 4.78 is 0. The van der Waals surface area contributed by atoms with Gasteiger partial charge in [-0.25, -0.2) is 9.97 Å². The van der Waals surface area contributed by atoms with Crippen molar-refractivity contribution in [2.45, 2.75) is 33.2 Å². The van der Waals surface area contributed by atoms with Crippen LogP contribution in [0, 0.1) is 13.8 Å². The van der Waals surface area contributed by atoms with Gasteiger partial charge in [-0.15, -0.1) is 0 Å². The van der Waals surface area contributed by atoms with Crippen LogP contribution in [0.3, 0.4) is 0 Å². The molecule has 0 atom stereocenters. The molecule has 0 bridgehead atoms. The van der Waals surface area contributed by atoms with E-state index < -0.39 is 5.54 Å². The lowest BCUT2D eigenvalue weighted by atomic mass is 9.93. The zero-order valence-corrected chi connectivity index (χ0v) is 21.0. The van der Waals surface area contributed by atoms with Crippen LogP contribution >= 0.6 is 11.6 Å². The average molecular weight is 491 g/mol. The molecule has 2 aliphatic heterocycles. The van der Waals surface area contributed by atoms with Gasteiger partial charge in [-0.05, 0) is 57.5 Å². The molecule has 0 spiro atoms. The van der Waals surface area contributed by atoms with Gasteiger partial charge < -0.3 is 9.80 Å². The van der Waals surface area contributed by atoms with E-state index in [1.165, 1.54) is 6.33 Å². The molecule has 35 heavy (non-hydrogen) atoms. The highest BCUT2D eigenvalue weighted by Gasteiger charge is 2.44. The second kappa shape index (κ2) is 8.61. The third-order valence-corrected chi connectivity index (χ3v) is 7.21. The number of nitrogens with zero attached hydrogens (tertiary/aromatic N) is 6. The fourth-order valence-electron chi connectivity index (χ4n) is 5.08. The van der Waals surface area contributed by atoms with Crippen molar-refractivity contribution in [1.82, 2.24) is 19.9 Å². The molecular weight excluding hydrogens is 464 g/mol. The smallest absolute Gasteiger partial charge is 0.259 e. The Kier molecular flexibility index (Phi) is 5.71. The highest BCUT2D eigenvalue weighted by atomic mass is 35.5. The number of fused-ring (bicyclic) bond motifs is 1. The summed E-state index contributed by atoms with van der Waals surface area (Å²) in [6, 6.07) is 7.40. The van der Waals surface area contributed by atoms with E-state index in [0.717, 1.165) is 16.9 Å². The largest absolute Gasteiger partial charge is 0.367 e. The Bertz CT molecular complexity index is 1310. The molecule has 0 radical (unpaired) electrons. The van der Waals surface area contributed by atoms with Gasteiger partial charge in [0.1, 0.15) is 6.33 Å². The standard InChI is InChI=1S/C26H27ClN6O2/c1-16-23(17(2)30-15-29-16)25(35)32-9-7-31(8-10-32)19-12-20(14-28-13-19)33-24(34)21-6-5-18(27)11-22(21)26(33,3)4/h5-6,11-15H,7-10H2,1-4H3. The molecule has 0 unspecified atom stereocenters. The lowest BCUT2D eigenvalue weighted by molar-refractivity contribution is 0.0744. The highest BCUT2D eigenvalue weighted by Crippen LogP contribution is 2.43. The molecule has 5 rings (SSSR count). The number of pyridine rings is 1. The lowest BCUT2D eigenvalue weighted by Gasteiger charge is -2.37. The Morgan fingerprint density at radius 3 is 2.31 bits per heavy atom. The topological polar surface area (TPSA) is 82.5 Å². The first kappa shape index (κ1) is 23.2. The second-order valence-electron chi connectivity index (χ2n) is 9.49. The Balaban J connectivity index is 1.35.